The Hall–Kier alpha value is -3.22. The quantitative estimate of drug-likeness (QED) is 0.536. The minimum absolute atomic E-state index is 0. The first-order valence-electron chi connectivity index (χ1n) is 10.0. The number of ether oxygens (including phenoxy) is 1. The van der Waals surface area contributed by atoms with Crippen molar-refractivity contribution in [1.82, 2.24) is 25.3 Å². The first-order valence-corrected chi connectivity index (χ1v) is 10.4. The van der Waals surface area contributed by atoms with Gasteiger partial charge >= 0.3 is 12.1 Å². The molecule has 1 N–H and O–H groups in total. The molecule has 35 heavy (non-hydrogen) atoms. The summed E-state index contributed by atoms with van der Waals surface area (Å²) in [5, 5.41) is 6.41. The van der Waals surface area contributed by atoms with E-state index in [0.29, 0.717) is 23.7 Å². The van der Waals surface area contributed by atoms with Crippen LogP contribution in [0.4, 0.5) is 13.2 Å². The number of benzene rings is 1. The van der Waals surface area contributed by atoms with E-state index in [-0.39, 0.29) is 48.5 Å². The summed E-state index contributed by atoms with van der Waals surface area (Å²) < 4.78 is 47.5. The molecular formula is C21H18Cl2F3N5O4. The van der Waals surface area contributed by atoms with Crippen LogP contribution in [0.25, 0.3) is 11.4 Å². The summed E-state index contributed by atoms with van der Waals surface area (Å²) in [4.78, 5) is 34.3. The van der Waals surface area contributed by atoms with Gasteiger partial charge in [-0.2, -0.15) is 18.2 Å². The number of morpholine rings is 1. The van der Waals surface area contributed by atoms with Gasteiger partial charge in [-0.3, -0.25) is 14.6 Å². The number of aromatic nitrogens is 3. The third-order valence-corrected chi connectivity index (χ3v) is 5.22. The van der Waals surface area contributed by atoms with Crippen LogP contribution in [0.3, 0.4) is 0 Å². The number of carbonyl (C=O) groups excluding carboxylic acids is 2. The maximum absolute atomic E-state index is 12.9. The van der Waals surface area contributed by atoms with Crippen molar-refractivity contribution in [3.05, 3.63) is 64.8 Å². The van der Waals surface area contributed by atoms with Gasteiger partial charge in [0.05, 0.1) is 19.3 Å². The van der Waals surface area contributed by atoms with Gasteiger partial charge in [0.25, 0.3) is 11.8 Å². The Morgan fingerprint density at radius 2 is 2.03 bits per heavy atom. The molecule has 4 rings (SSSR count). The van der Waals surface area contributed by atoms with Crippen LogP contribution in [0.2, 0.25) is 5.02 Å². The lowest BCUT2D eigenvalue weighted by Crippen LogP contribution is -2.53. The number of hydrogen-bond donors (Lipinski definition) is 1. The van der Waals surface area contributed by atoms with E-state index in [1.54, 1.807) is 29.2 Å². The van der Waals surface area contributed by atoms with Crippen LogP contribution in [-0.2, 0) is 10.9 Å². The molecule has 2 amide bonds. The summed E-state index contributed by atoms with van der Waals surface area (Å²) in [7, 11) is 0. The second kappa shape index (κ2) is 11.0. The second-order valence-corrected chi connectivity index (χ2v) is 7.74. The molecule has 0 spiro atoms. The van der Waals surface area contributed by atoms with Crippen molar-refractivity contribution in [1.29, 1.82) is 0 Å². The third kappa shape index (κ3) is 6.27. The summed E-state index contributed by atoms with van der Waals surface area (Å²) in [5.41, 5.74) is 0.598. The summed E-state index contributed by atoms with van der Waals surface area (Å²) in [5.74, 6) is -2.54. The van der Waals surface area contributed by atoms with Gasteiger partial charge in [0.15, 0.2) is 0 Å². The number of carbonyl (C=O) groups is 2. The first kappa shape index (κ1) is 26.4. The molecule has 0 radical (unpaired) electrons. The monoisotopic (exact) mass is 531 g/mol. The van der Waals surface area contributed by atoms with E-state index in [0.717, 1.165) is 0 Å². The molecule has 3 heterocycles. The van der Waals surface area contributed by atoms with E-state index in [4.69, 9.17) is 16.3 Å². The Morgan fingerprint density at radius 3 is 2.69 bits per heavy atom. The highest BCUT2D eigenvalue weighted by atomic mass is 35.5. The van der Waals surface area contributed by atoms with E-state index < -0.39 is 24.0 Å². The van der Waals surface area contributed by atoms with Crippen LogP contribution in [0.5, 0.6) is 0 Å². The molecule has 1 aliphatic rings. The Kier molecular flexibility index (Phi) is 8.30. The molecule has 1 atom stereocenters. The number of amides is 2. The van der Waals surface area contributed by atoms with E-state index in [1.165, 1.54) is 18.3 Å². The Balaban J connectivity index is 0.00000342. The lowest BCUT2D eigenvalue weighted by molar-refractivity contribution is -0.159. The normalized spacial score (nSPS) is 15.9. The van der Waals surface area contributed by atoms with E-state index in [9.17, 15) is 22.8 Å². The second-order valence-electron chi connectivity index (χ2n) is 7.30. The van der Waals surface area contributed by atoms with Crippen molar-refractivity contribution in [2.45, 2.75) is 12.2 Å². The topological polar surface area (TPSA) is 110 Å². The minimum atomic E-state index is -4.76. The highest BCUT2D eigenvalue weighted by molar-refractivity contribution is 6.30. The van der Waals surface area contributed by atoms with Gasteiger partial charge in [-0.25, -0.2) is 0 Å². The average Bonchev–Trinajstić information content (AvgIpc) is 3.33. The predicted molar refractivity (Wildman–Crippen MR) is 119 cm³/mol. The fraction of sp³-hybridized carbons (Fsp3) is 0.286. The molecule has 0 saturated carbocycles. The molecule has 186 valence electrons. The van der Waals surface area contributed by atoms with Crippen molar-refractivity contribution >= 4 is 35.8 Å². The number of halogens is 5. The van der Waals surface area contributed by atoms with Gasteiger partial charge in [-0.15, -0.1) is 12.4 Å². The molecule has 0 aliphatic carbocycles. The fourth-order valence-corrected chi connectivity index (χ4v) is 3.49. The molecular weight excluding hydrogens is 514 g/mol. The van der Waals surface area contributed by atoms with Crippen LogP contribution in [-0.4, -0.2) is 64.2 Å². The standard InChI is InChI=1S/C21H17ClF3N5O4.ClH/c22-14-3-1-2-12(8-14)19(32)30-6-7-33-11-15(30)10-27-18(31)16-5-4-13(9-26-16)17-28-20(34-29-17)21(23,24)25;/h1-5,8-9,15H,6-7,10-11H2,(H,27,31);1H/t15-;/m0./s1. The molecule has 1 saturated heterocycles. The maximum atomic E-state index is 12.9. The summed E-state index contributed by atoms with van der Waals surface area (Å²) >= 11 is 5.98. The molecule has 0 unspecified atom stereocenters. The van der Waals surface area contributed by atoms with Gasteiger partial charge in [-0.1, -0.05) is 22.8 Å². The van der Waals surface area contributed by atoms with Crippen LogP contribution in [0, 0.1) is 0 Å². The zero-order valence-corrected chi connectivity index (χ0v) is 19.4. The minimum Gasteiger partial charge on any atom is -0.377 e. The van der Waals surface area contributed by atoms with Crippen LogP contribution in [0.15, 0.2) is 47.1 Å². The number of rotatable bonds is 5. The molecule has 1 fully saturated rings. The van der Waals surface area contributed by atoms with Crippen LogP contribution in [0.1, 0.15) is 26.7 Å². The van der Waals surface area contributed by atoms with Gasteiger partial charge in [0.1, 0.15) is 5.69 Å². The lowest BCUT2D eigenvalue weighted by Gasteiger charge is -2.35. The first-order chi connectivity index (χ1) is 16.2. The Morgan fingerprint density at radius 1 is 1.23 bits per heavy atom. The number of pyridine rings is 1. The fourth-order valence-electron chi connectivity index (χ4n) is 3.30. The molecule has 1 aliphatic heterocycles. The van der Waals surface area contributed by atoms with Gasteiger partial charge in [0, 0.05) is 35.4 Å². The molecule has 2 aromatic heterocycles. The summed E-state index contributed by atoms with van der Waals surface area (Å²) in [6, 6.07) is 8.84. The lowest BCUT2D eigenvalue weighted by atomic mass is 10.1. The van der Waals surface area contributed by atoms with Crippen molar-refractivity contribution < 1.29 is 32.0 Å². The van der Waals surface area contributed by atoms with Crippen LogP contribution < -0.4 is 5.32 Å². The highest BCUT2D eigenvalue weighted by Gasteiger charge is 2.38. The smallest absolute Gasteiger partial charge is 0.377 e. The van der Waals surface area contributed by atoms with Crippen LogP contribution >= 0.6 is 24.0 Å². The molecule has 3 aromatic rings. The number of hydrogen-bond acceptors (Lipinski definition) is 7. The van der Waals surface area contributed by atoms with E-state index in [2.05, 4.69) is 25.0 Å². The van der Waals surface area contributed by atoms with Crippen molar-refractivity contribution in [2.75, 3.05) is 26.3 Å². The van der Waals surface area contributed by atoms with Gasteiger partial charge < -0.3 is 19.5 Å². The van der Waals surface area contributed by atoms with E-state index in [1.807, 2.05) is 0 Å². The summed E-state index contributed by atoms with van der Waals surface area (Å²) in [6.45, 7) is 1.06. The van der Waals surface area contributed by atoms with E-state index >= 15 is 0 Å². The highest BCUT2D eigenvalue weighted by Crippen LogP contribution is 2.29. The predicted octanol–water partition coefficient (Wildman–Crippen LogP) is 3.50. The SMILES string of the molecule is Cl.O=C(NC[C@H]1COCCN1C(=O)c1cccc(Cl)c1)c1ccc(-c2noc(C(F)(F)F)n2)cn1. The molecule has 1 aromatic carbocycles. The number of alkyl halides is 3. The molecule has 0 bridgehead atoms. The average molecular weight is 532 g/mol. The van der Waals surface area contributed by atoms with Gasteiger partial charge in [0.2, 0.25) is 5.82 Å². The zero-order chi connectivity index (χ0) is 24.3. The van der Waals surface area contributed by atoms with Crippen molar-refractivity contribution in [3.8, 4) is 11.4 Å². The largest absolute Gasteiger partial charge is 0.471 e. The van der Waals surface area contributed by atoms with Gasteiger partial charge in [-0.05, 0) is 30.3 Å². The molecule has 9 nitrogen and oxygen atoms in total. The number of nitrogens with one attached hydrogen (secondary N) is 1. The summed E-state index contributed by atoms with van der Waals surface area (Å²) in [6.07, 6.45) is -3.60. The Bertz CT molecular complexity index is 1190. The Labute approximate surface area is 208 Å². The zero-order valence-electron chi connectivity index (χ0n) is 17.8. The molecule has 14 heteroatoms. The number of nitrogens with zero attached hydrogens (tertiary/aromatic N) is 4. The van der Waals surface area contributed by atoms with Crippen molar-refractivity contribution in [3.63, 3.8) is 0 Å². The van der Waals surface area contributed by atoms with Crippen molar-refractivity contribution in [2.24, 2.45) is 0 Å². The third-order valence-electron chi connectivity index (χ3n) is 4.98. The maximum Gasteiger partial charge on any atom is 0.471 e.